The highest BCUT2D eigenvalue weighted by Crippen LogP contribution is 2.11. The van der Waals surface area contributed by atoms with Crippen LogP contribution in [0.2, 0.25) is 0 Å². The minimum atomic E-state index is -0.755. The maximum atomic E-state index is 12.6. The molecule has 2 aromatic carbocycles. The maximum Gasteiger partial charge on any atom is 0.407 e. The predicted molar refractivity (Wildman–Crippen MR) is 111 cm³/mol. The van der Waals surface area contributed by atoms with Crippen LogP contribution in [-0.2, 0) is 27.3 Å². The minimum Gasteiger partial charge on any atom is -0.453 e. The molecule has 1 unspecified atom stereocenters. The van der Waals surface area contributed by atoms with E-state index in [1.165, 1.54) is 7.11 Å². The monoisotopic (exact) mass is 397 g/mol. The summed E-state index contributed by atoms with van der Waals surface area (Å²) in [4.78, 5) is 36.0. The number of ether oxygens (including phenoxy) is 1. The van der Waals surface area contributed by atoms with E-state index in [9.17, 15) is 14.4 Å². The molecule has 3 N–H and O–H groups in total. The number of hydrogen-bond acceptors (Lipinski definition) is 4. The van der Waals surface area contributed by atoms with Crippen molar-refractivity contribution in [2.24, 2.45) is 5.92 Å². The smallest absolute Gasteiger partial charge is 0.407 e. The molecule has 2 rings (SSSR count). The molecule has 0 aromatic heterocycles. The highest BCUT2D eigenvalue weighted by molar-refractivity contribution is 5.92. The van der Waals surface area contributed by atoms with E-state index in [1.807, 2.05) is 56.3 Å². The third-order valence-electron chi connectivity index (χ3n) is 4.29. The number of hydrogen-bond donors (Lipinski definition) is 3. The largest absolute Gasteiger partial charge is 0.453 e. The van der Waals surface area contributed by atoms with Crippen molar-refractivity contribution >= 4 is 23.6 Å². The second kappa shape index (κ2) is 10.8. The van der Waals surface area contributed by atoms with E-state index in [4.69, 9.17) is 0 Å². The number of rotatable bonds is 8. The second-order valence-electron chi connectivity index (χ2n) is 6.94. The molecule has 1 atom stereocenters. The van der Waals surface area contributed by atoms with Crippen LogP contribution in [0, 0.1) is 5.92 Å². The quantitative estimate of drug-likeness (QED) is 0.638. The van der Waals surface area contributed by atoms with Gasteiger partial charge in [0.15, 0.2) is 0 Å². The van der Waals surface area contributed by atoms with Crippen molar-refractivity contribution in [3.05, 3.63) is 65.7 Å². The molecule has 0 saturated heterocycles. The maximum absolute atomic E-state index is 12.6. The van der Waals surface area contributed by atoms with Gasteiger partial charge in [0.05, 0.1) is 7.11 Å². The van der Waals surface area contributed by atoms with Crippen molar-refractivity contribution in [3.63, 3.8) is 0 Å². The van der Waals surface area contributed by atoms with E-state index in [0.717, 1.165) is 11.1 Å². The first-order chi connectivity index (χ1) is 13.9. The summed E-state index contributed by atoms with van der Waals surface area (Å²) in [6, 6.07) is 15.9. The molecule has 0 heterocycles. The van der Waals surface area contributed by atoms with Gasteiger partial charge in [0.2, 0.25) is 11.8 Å². The van der Waals surface area contributed by atoms with E-state index in [2.05, 4.69) is 20.7 Å². The molecule has 0 aliphatic carbocycles. The molecule has 0 spiro atoms. The molecule has 3 amide bonds. The molecule has 29 heavy (non-hydrogen) atoms. The Hall–Kier alpha value is -3.35. The summed E-state index contributed by atoms with van der Waals surface area (Å²) in [7, 11) is 1.26. The molecule has 2 aromatic rings. The summed E-state index contributed by atoms with van der Waals surface area (Å²) in [5.41, 5.74) is 2.50. The van der Waals surface area contributed by atoms with Crippen LogP contribution in [0.5, 0.6) is 0 Å². The van der Waals surface area contributed by atoms with E-state index in [1.54, 1.807) is 12.1 Å². The molecular formula is C22H27N3O4. The van der Waals surface area contributed by atoms with Gasteiger partial charge in [0.25, 0.3) is 0 Å². The number of nitrogens with one attached hydrogen (secondary N) is 3. The van der Waals surface area contributed by atoms with Crippen LogP contribution < -0.4 is 16.0 Å². The van der Waals surface area contributed by atoms with Gasteiger partial charge in [-0.1, -0.05) is 56.3 Å². The molecule has 0 bridgehead atoms. The number of carbonyl (C=O) groups is 3. The van der Waals surface area contributed by atoms with Crippen molar-refractivity contribution in [3.8, 4) is 0 Å². The Morgan fingerprint density at radius 1 is 0.897 bits per heavy atom. The zero-order valence-corrected chi connectivity index (χ0v) is 16.9. The van der Waals surface area contributed by atoms with Gasteiger partial charge < -0.3 is 20.7 Å². The minimum absolute atomic E-state index is 0.0521. The van der Waals surface area contributed by atoms with Gasteiger partial charge in [0.1, 0.15) is 6.04 Å². The van der Waals surface area contributed by atoms with Gasteiger partial charge in [-0.05, 0) is 23.3 Å². The van der Waals surface area contributed by atoms with Crippen molar-refractivity contribution in [2.75, 3.05) is 12.4 Å². The summed E-state index contributed by atoms with van der Waals surface area (Å²) in [5, 5.41) is 8.22. The van der Waals surface area contributed by atoms with E-state index in [0.29, 0.717) is 18.7 Å². The lowest BCUT2D eigenvalue weighted by molar-refractivity contribution is -0.123. The Morgan fingerprint density at radius 3 is 2.14 bits per heavy atom. The number of amides is 3. The van der Waals surface area contributed by atoms with Crippen molar-refractivity contribution < 1.29 is 19.1 Å². The Balaban J connectivity index is 1.96. The van der Waals surface area contributed by atoms with Crippen LogP contribution in [0.15, 0.2) is 54.6 Å². The normalized spacial score (nSPS) is 11.4. The topological polar surface area (TPSA) is 96.5 Å². The number of benzene rings is 2. The van der Waals surface area contributed by atoms with Crippen molar-refractivity contribution in [2.45, 2.75) is 32.9 Å². The predicted octanol–water partition coefficient (Wildman–Crippen LogP) is 2.86. The van der Waals surface area contributed by atoms with Gasteiger partial charge in [-0.15, -0.1) is 0 Å². The van der Waals surface area contributed by atoms with Crippen LogP contribution in [0.25, 0.3) is 0 Å². The standard InChI is InChI=1S/C22H27N3O4/c1-15(2)20(26)24-18-11-9-17(10-12-18)14-23-21(27)19(25-22(28)29-3)13-16-7-5-4-6-8-16/h4-12,15,19H,13-14H2,1-3H3,(H,23,27)(H,24,26)(H,25,28). The summed E-state index contributed by atoms with van der Waals surface area (Å²) in [6.45, 7) is 3.95. The lowest BCUT2D eigenvalue weighted by atomic mass is 10.1. The first-order valence-electron chi connectivity index (χ1n) is 9.45. The first kappa shape index (κ1) is 21.9. The van der Waals surface area contributed by atoms with E-state index in [-0.39, 0.29) is 17.7 Å². The van der Waals surface area contributed by atoms with Gasteiger partial charge in [-0.2, -0.15) is 0 Å². The lowest BCUT2D eigenvalue weighted by Crippen LogP contribution is -2.47. The zero-order chi connectivity index (χ0) is 21.2. The van der Waals surface area contributed by atoms with Gasteiger partial charge in [-0.3, -0.25) is 9.59 Å². The molecule has 0 radical (unpaired) electrons. The number of alkyl carbamates (subject to hydrolysis) is 1. The SMILES string of the molecule is COC(=O)NC(Cc1ccccc1)C(=O)NCc1ccc(NC(=O)C(C)C)cc1. The summed E-state index contributed by atoms with van der Waals surface area (Å²) in [5.74, 6) is -0.460. The van der Waals surface area contributed by atoms with Crippen LogP contribution in [-0.4, -0.2) is 31.1 Å². The van der Waals surface area contributed by atoms with Crippen LogP contribution in [0.1, 0.15) is 25.0 Å². The third kappa shape index (κ3) is 7.29. The summed E-state index contributed by atoms with van der Waals surface area (Å²) in [6.07, 6.45) is -0.312. The fourth-order valence-electron chi connectivity index (χ4n) is 2.57. The molecular weight excluding hydrogens is 370 g/mol. The molecule has 154 valence electrons. The second-order valence-corrected chi connectivity index (χ2v) is 6.94. The average Bonchev–Trinajstić information content (AvgIpc) is 2.73. The Labute approximate surface area is 170 Å². The van der Waals surface area contributed by atoms with Gasteiger partial charge >= 0.3 is 6.09 Å². The first-order valence-corrected chi connectivity index (χ1v) is 9.45. The fourth-order valence-corrected chi connectivity index (χ4v) is 2.57. The van der Waals surface area contributed by atoms with Gasteiger partial charge in [-0.25, -0.2) is 4.79 Å². The van der Waals surface area contributed by atoms with Crippen LogP contribution in [0.4, 0.5) is 10.5 Å². The van der Waals surface area contributed by atoms with E-state index >= 15 is 0 Å². The lowest BCUT2D eigenvalue weighted by Gasteiger charge is -2.18. The highest BCUT2D eigenvalue weighted by Gasteiger charge is 2.21. The average molecular weight is 397 g/mol. The van der Waals surface area contributed by atoms with Crippen LogP contribution >= 0.6 is 0 Å². The highest BCUT2D eigenvalue weighted by atomic mass is 16.5. The van der Waals surface area contributed by atoms with Crippen molar-refractivity contribution in [1.82, 2.24) is 10.6 Å². The molecule has 0 aliphatic heterocycles. The number of carbonyl (C=O) groups excluding carboxylic acids is 3. The molecule has 7 heteroatoms. The van der Waals surface area contributed by atoms with E-state index < -0.39 is 12.1 Å². The number of methoxy groups -OCH3 is 1. The summed E-state index contributed by atoms with van der Waals surface area (Å²) >= 11 is 0. The molecule has 0 aliphatic rings. The fraction of sp³-hybridized carbons (Fsp3) is 0.318. The Morgan fingerprint density at radius 2 is 1.55 bits per heavy atom. The zero-order valence-electron chi connectivity index (χ0n) is 16.9. The molecule has 0 saturated carbocycles. The third-order valence-corrected chi connectivity index (χ3v) is 4.29. The number of anilines is 1. The molecule has 7 nitrogen and oxygen atoms in total. The van der Waals surface area contributed by atoms with Crippen molar-refractivity contribution in [1.29, 1.82) is 0 Å². The van der Waals surface area contributed by atoms with Crippen LogP contribution in [0.3, 0.4) is 0 Å². The molecule has 0 fully saturated rings. The van der Waals surface area contributed by atoms with Gasteiger partial charge in [0, 0.05) is 24.6 Å². The Kier molecular flexibility index (Phi) is 8.21. The summed E-state index contributed by atoms with van der Waals surface area (Å²) < 4.78 is 4.63. The Bertz CT molecular complexity index is 820.